The van der Waals surface area contributed by atoms with Crippen LogP contribution in [-0.4, -0.2) is 48.4 Å². The van der Waals surface area contributed by atoms with E-state index in [-0.39, 0.29) is 27.5 Å². The van der Waals surface area contributed by atoms with E-state index < -0.39 is 32.9 Å². The van der Waals surface area contributed by atoms with E-state index in [4.69, 9.17) is 4.74 Å². The molecule has 1 aliphatic heterocycles. The van der Waals surface area contributed by atoms with Crippen LogP contribution in [0.25, 0.3) is 10.2 Å². The Labute approximate surface area is 226 Å². The van der Waals surface area contributed by atoms with Crippen molar-refractivity contribution < 1.29 is 23.1 Å². The van der Waals surface area contributed by atoms with Crippen molar-refractivity contribution in [1.82, 2.24) is 23.2 Å². The first-order valence-corrected chi connectivity index (χ1v) is 14.4. The minimum Gasteiger partial charge on any atom is -0.464 e. The summed E-state index contributed by atoms with van der Waals surface area (Å²) >= 11 is 0.728. The summed E-state index contributed by atoms with van der Waals surface area (Å²) in [6.07, 6.45) is 2.47. The Kier molecular flexibility index (Phi) is 5.82. The number of carbonyl (C=O) groups is 1. The molecule has 14 heteroatoms. The Morgan fingerprint density at radius 3 is 2.51 bits per heavy atom. The number of aryl methyl sites for hydroxylation is 1. The summed E-state index contributed by atoms with van der Waals surface area (Å²) in [5.41, 5.74) is 1.17. The van der Waals surface area contributed by atoms with Crippen LogP contribution in [0.15, 0.2) is 50.5 Å². The number of carboxylic acid groups (broad SMARTS) is 1. The van der Waals surface area contributed by atoms with Gasteiger partial charge in [-0.1, -0.05) is 18.2 Å². The molecule has 1 aromatic carbocycles. The third-order valence-electron chi connectivity index (χ3n) is 7.23. The molecule has 3 aromatic heterocycles. The summed E-state index contributed by atoms with van der Waals surface area (Å²) in [6, 6.07) is 6.92. The lowest BCUT2D eigenvalue weighted by atomic mass is 10.1. The van der Waals surface area contributed by atoms with Crippen molar-refractivity contribution in [1.29, 1.82) is 0 Å². The molecule has 4 heterocycles. The largest absolute Gasteiger partial charge is 0.464 e. The molecule has 1 saturated carbocycles. The Morgan fingerprint density at radius 2 is 1.85 bits per heavy atom. The zero-order valence-electron chi connectivity index (χ0n) is 21.2. The molecule has 39 heavy (non-hydrogen) atoms. The molecule has 0 atom stereocenters. The van der Waals surface area contributed by atoms with Gasteiger partial charge in [0.1, 0.15) is 9.04 Å². The highest BCUT2D eigenvalue weighted by atomic mass is 32.2. The molecule has 6 rings (SSSR count). The number of hydrogen-bond donors (Lipinski definition) is 1. The summed E-state index contributed by atoms with van der Waals surface area (Å²) < 4.78 is 36.7. The Morgan fingerprint density at radius 1 is 1.13 bits per heavy atom. The van der Waals surface area contributed by atoms with Crippen molar-refractivity contribution in [2.75, 3.05) is 0 Å². The second-order valence-electron chi connectivity index (χ2n) is 10.2. The molecule has 1 aliphatic carbocycles. The summed E-state index contributed by atoms with van der Waals surface area (Å²) in [5.74, 6) is 0. The van der Waals surface area contributed by atoms with Crippen LogP contribution >= 0.6 is 11.3 Å². The molecule has 1 N–H and O–H groups in total. The van der Waals surface area contributed by atoms with Gasteiger partial charge >= 0.3 is 11.8 Å². The average Bonchev–Trinajstić information content (AvgIpc) is 3.28. The maximum absolute atomic E-state index is 13.8. The van der Waals surface area contributed by atoms with Crippen LogP contribution in [0.1, 0.15) is 42.0 Å². The van der Waals surface area contributed by atoms with Gasteiger partial charge in [-0.05, 0) is 42.5 Å². The van der Waals surface area contributed by atoms with E-state index >= 15 is 0 Å². The van der Waals surface area contributed by atoms with Crippen molar-refractivity contribution in [3.63, 3.8) is 0 Å². The number of rotatable bonds is 7. The van der Waals surface area contributed by atoms with Crippen molar-refractivity contribution in [2.24, 2.45) is 7.05 Å². The molecule has 0 saturated heterocycles. The van der Waals surface area contributed by atoms with Crippen LogP contribution < -0.4 is 11.2 Å². The van der Waals surface area contributed by atoms with Gasteiger partial charge in [-0.2, -0.15) is 17.8 Å². The molecule has 12 nitrogen and oxygen atoms in total. The van der Waals surface area contributed by atoms with Crippen molar-refractivity contribution >= 4 is 37.7 Å². The highest BCUT2D eigenvalue weighted by Crippen LogP contribution is 2.45. The van der Waals surface area contributed by atoms with Gasteiger partial charge in [0.05, 0.1) is 43.4 Å². The summed E-state index contributed by atoms with van der Waals surface area (Å²) in [4.78, 5) is 39.5. The first-order chi connectivity index (χ1) is 18.5. The molecule has 0 unspecified atom stereocenters. The molecular formula is C25H25N5O7S2. The van der Waals surface area contributed by atoms with E-state index in [1.165, 1.54) is 10.6 Å². The van der Waals surface area contributed by atoms with Gasteiger partial charge in [0.2, 0.25) is 0 Å². The molecule has 0 radical (unpaired) electrons. The molecular weight excluding hydrogens is 546 g/mol. The first-order valence-electron chi connectivity index (χ1n) is 12.2. The maximum Gasteiger partial charge on any atom is 0.421 e. The minimum absolute atomic E-state index is 0.0258. The predicted molar refractivity (Wildman–Crippen MR) is 141 cm³/mol. The third kappa shape index (κ3) is 4.28. The first kappa shape index (κ1) is 25.5. The van der Waals surface area contributed by atoms with Crippen LogP contribution in [0, 0.1) is 0 Å². The van der Waals surface area contributed by atoms with Crippen LogP contribution in [0.3, 0.4) is 0 Å². The van der Waals surface area contributed by atoms with Gasteiger partial charge in [0.15, 0.2) is 0 Å². The predicted octanol–water partition coefficient (Wildman–Crippen LogP) is 2.31. The van der Waals surface area contributed by atoms with E-state index in [0.717, 1.165) is 32.6 Å². The molecule has 4 aromatic rings. The smallest absolute Gasteiger partial charge is 0.421 e. The molecule has 0 bridgehead atoms. The zero-order valence-corrected chi connectivity index (χ0v) is 22.8. The number of benzene rings is 1. The summed E-state index contributed by atoms with van der Waals surface area (Å²) in [7, 11) is -2.78. The normalized spacial score (nSPS) is 15.9. The van der Waals surface area contributed by atoms with E-state index in [2.05, 4.69) is 5.10 Å². The highest BCUT2D eigenvalue weighted by Gasteiger charge is 2.53. The fraction of sp³-hybridized carbons (Fsp3) is 0.360. The number of hydrogen-bond acceptors (Lipinski definition) is 8. The standard InChI is InChI=1S/C25H25N5O7S2/c1-25(5-6-25)30(24(33)34)39(35,36)20-8-19-21(31)28(12-16-9-26-27(2)10-16)23(32)29(22(19)38-20)11-15-3-4-17-13-37-14-18(17)7-15/h3-4,7-10H,5-6,11-14H2,1-2H3,(H,33,34). The van der Waals surface area contributed by atoms with Gasteiger partial charge in [-0.3, -0.25) is 18.6 Å². The molecule has 1 amide bonds. The van der Waals surface area contributed by atoms with E-state index in [1.807, 2.05) is 18.2 Å². The molecule has 1 fully saturated rings. The van der Waals surface area contributed by atoms with Crippen molar-refractivity contribution in [3.05, 3.63) is 79.8 Å². The highest BCUT2D eigenvalue weighted by molar-refractivity contribution is 7.92. The average molecular weight is 572 g/mol. The van der Waals surface area contributed by atoms with Gasteiger partial charge < -0.3 is 9.84 Å². The number of ether oxygens (including phenoxy) is 1. The monoisotopic (exact) mass is 571 g/mol. The molecule has 0 spiro atoms. The quantitative estimate of drug-likeness (QED) is 0.356. The Hall–Kier alpha value is -3.75. The number of sulfonamides is 1. The Balaban J connectivity index is 1.54. The van der Waals surface area contributed by atoms with Crippen molar-refractivity contribution in [2.45, 2.75) is 55.8 Å². The van der Waals surface area contributed by atoms with E-state index in [9.17, 15) is 27.9 Å². The van der Waals surface area contributed by atoms with Crippen LogP contribution in [-0.2, 0) is 48.1 Å². The van der Waals surface area contributed by atoms with Crippen LogP contribution in [0.5, 0.6) is 0 Å². The number of nitrogens with zero attached hydrogens (tertiary/aromatic N) is 5. The van der Waals surface area contributed by atoms with Gasteiger partial charge in [-0.25, -0.2) is 9.59 Å². The van der Waals surface area contributed by atoms with Crippen LogP contribution in [0.2, 0.25) is 0 Å². The number of amides is 1. The van der Waals surface area contributed by atoms with Crippen molar-refractivity contribution in [3.8, 4) is 0 Å². The van der Waals surface area contributed by atoms with Gasteiger partial charge in [0, 0.05) is 18.8 Å². The maximum atomic E-state index is 13.8. The molecule has 204 valence electrons. The Bertz CT molecular complexity index is 1880. The lowest BCUT2D eigenvalue weighted by Crippen LogP contribution is -2.43. The number of aromatic nitrogens is 4. The second kappa shape index (κ2) is 8.89. The van der Waals surface area contributed by atoms with E-state index in [1.54, 1.807) is 31.0 Å². The number of thiophene rings is 1. The van der Waals surface area contributed by atoms with E-state index in [0.29, 0.717) is 35.9 Å². The zero-order chi connectivity index (χ0) is 27.7. The molecule has 2 aliphatic rings. The fourth-order valence-corrected chi connectivity index (χ4v) is 8.10. The fourth-order valence-electron chi connectivity index (χ4n) is 4.92. The lowest BCUT2D eigenvalue weighted by molar-refractivity contribution is 0.134. The van der Waals surface area contributed by atoms with Gasteiger partial charge in [0.25, 0.3) is 15.6 Å². The lowest BCUT2D eigenvalue weighted by Gasteiger charge is -2.24. The topological polar surface area (TPSA) is 146 Å². The van der Waals surface area contributed by atoms with Gasteiger partial charge in [-0.15, -0.1) is 11.3 Å². The SMILES string of the molecule is Cn1cc(Cn2c(=O)c3cc(S(=O)(=O)N(C(=O)O)C4(C)CC4)sc3n(Cc3ccc4c(c3)COC4)c2=O)cn1. The minimum atomic E-state index is -4.49. The van der Waals surface area contributed by atoms with Crippen LogP contribution in [0.4, 0.5) is 4.79 Å². The number of fused-ring (bicyclic) bond motifs is 2. The summed E-state index contributed by atoms with van der Waals surface area (Å²) in [5, 5.41) is 13.9. The third-order valence-corrected chi connectivity index (χ3v) is 10.8. The summed E-state index contributed by atoms with van der Waals surface area (Å²) in [6.45, 7) is 2.56. The second-order valence-corrected chi connectivity index (χ2v) is 13.3.